The number of nitrogens with zero attached hydrogens (tertiary/aromatic N) is 6. The lowest BCUT2D eigenvalue weighted by Crippen LogP contribution is -2.49. The summed E-state index contributed by atoms with van der Waals surface area (Å²) in [5.41, 5.74) is 2.68. The summed E-state index contributed by atoms with van der Waals surface area (Å²) >= 11 is 5.80. The number of ether oxygens (including phenoxy) is 1. The Hall–Kier alpha value is -3.83. The van der Waals surface area contributed by atoms with Gasteiger partial charge in [-0.05, 0) is 50.6 Å². The summed E-state index contributed by atoms with van der Waals surface area (Å²) < 4.78 is 19.8. The number of anilines is 2. The minimum Gasteiger partial charge on any atom is -0.444 e. The summed E-state index contributed by atoms with van der Waals surface area (Å²) in [5, 5.41) is 2.98. The molecule has 0 spiro atoms. The van der Waals surface area contributed by atoms with Gasteiger partial charge in [0, 0.05) is 44.5 Å². The van der Waals surface area contributed by atoms with Gasteiger partial charge in [-0.3, -0.25) is 4.90 Å². The van der Waals surface area contributed by atoms with Crippen LogP contribution < -0.4 is 5.32 Å². The zero-order valence-corrected chi connectivity index (χ0v) is 22.1. The maximum absolute atomic E-state index is 14.4. The minimum absolute atomic E-state index is 0.123. The maximum Gasteiger partial charge on any atom is 0.410 e. The molecular formula is C26H28ClFN8O2. The van der Waals surface area contributed by atoms with Crippen molar-refractivity contribution in [1.82, 2.24) is 34.7 Å². The number of carbonyl (C=O) groups excluding carboxylic acids is 1. The molecule has 3 aromatic heterocycles. The third kappa shape index (κ3) is 6.00. The molecule has 4 heterocycles. The summed E-state index contributed by atoms with van der Waals surface area (Å²) in [6.07, 6.45) is 2.71. The Kier molecular flexibility index (Phi) is 7.13. The molecule has 1 aliphatic rings. The van der Waals surface area contributed by atoms with Crippen LogP contribution >= 0.6 is 11.6 Å². The van der Waals surface area contributed by atoms with E-state index in [4.69, 9.17) is 16.3 Å². The standard InChI is InChI=1S/C26H28ClFN8O2/c1-26(2,3)38-25(37)36-10-8-35(9-11-36)14-16-6-7-29-20(12-16)34-24-32-18-5-4-17(13-19(18)33-24)22-21(28)23(27)31-15-30-22/h4-7,12-13,15H,8-11,14H2,1-3H3,(H2,29,32,33,34). The summed E-state index contributed by atoms with van der Waals surface area (Å²) in [7, 11) is 0. The van der Waals surface area contributed by atoms with Gasteiger partial charge >= 0.3 is 6.09 Å². The van der Waals surface area contributed by atoms with Crippen molar-refractivity contribution in [2.45, 2.75) is 32.9 Å². The van der Waals surface area contributed by atoms with Gasteiger partial charge in [0.15, 0.2) is 11.0 Å². The largest absolute Gasteiger partial charge is 0.444 e. The van der Waals surface area contributed by atoms with Gasteiger partial charge in [-0.25, -0.2) is 29.1 Å². The summed E-state index contributed by atoms with van der Waals surface area (Å²) in [4.78, 5) is 36.2. The Morgan fingerprint density at radius 2 is 1.92 bits per heavy atom. The van der Waals surface area contributed by atoms with Crippen LogP contribution in [0.2, 0.25) is 5.15 Å². The van der Waals surface area contributed by atoms with Crippen LogP contribution in [0.1, 0.15) is 26.3 Å². The number of halogens is 2. The second-order valence-electron chi connectivity index (χ2n) is 10.1. The molecule has 38 heavy (non-hydrogen) atoms. The third-order valence-electron chi connectivity index (χ3n) is 6.00. The average molecular weight is 539 g/mol. The summed E-state index contributed by atoms with van der Waals surface area (Å²) in [6, 6.07) is 9.21. The molecule has 0 radical (unpaired) electrons. The molecule has 198 valence electrons. The van der Waals surface area contributed by atoms with E-state index in [1.165, 1.54) is 6.33 Å². The van der Waals surface area contributed by atoms with E-state index in [2.05, 4.69) is 35.1 Å². The van der Waals surface area contributed by atoms with Crippen molar-refractivity contribution in [3.63, 3.8) is 0 Å². The topological polar surface area (TPSA) is 112 Å². The Morgan fingerprint density at radius 3 is 2.68 bits per heavy atom. The second-order valence-corrected chi connectivity index (χ2v) is 10.4. The number of H-pyrrole nitrogens is 1. The van der Waals surface area contributed by atoms with E-state index >= 15 is 0 Å². The highest BCUT2D eigenvalue weighted by molar-refractivity contribution is 6.29. The number of benzene rings is 1. The van der Waals surface area contributed by atoms with E-state index in [-0.39, 0.29) is 16.9 Å². The normalized spacial score (nSPS) is 14.6. The molecule has 5 rings (SSSR count). The van der Waals surface area contributed by atoms with Gasteiger partial charge < -0.3 is 19.9 Å². The number of carbonyl (C=O) groups is 1. The van der Waals surface area contributed by atoms with Crippen molar-refractivity contribution in [3.05, 3.63) is 59.4 Å². The number of hydrogen-bond acceptors (Lipinski definition) is 8. The van der Waals surface area contributed by atoms with Gasteiger partial charge in [-0.2, -0.15) is 0 Å². The fourth-order valence-electron chi connectivity index (χ4n) is 4.20. The number of aromatic nitrogens is 5. The minimum atomic E-state index is -0.668. The van der Waals surface area contributed by atoms with Crippen LogP contribution in [0.25, 0.3) is 22.3 Å². The first-order valence-electron chi connectivity index (χ1n) is 12.2. The van der Waals surface area contributed by atoms with Crippen molar-refractivity contribution >= 4 is 40.5 Å². The quantitative estimate of drug-likeness (QED) is 0.341. The van der Waals surface area contributed by atoms with Crippen molar-refractivity contribution in [2.24, 2.45) is 0 Å². The van der Waals surface area contributed by atoms with Gasteiger partial charge in [0.2, 0.25) is 5.95 Å². The van der Waals surface area contributed by atoms with Crippen LogP contribution in [0.5, 0.6) is 0 Å². The van der Waals surface area contributed by atoms with Crippen molar-refractivity contribution in [3.8, 4) is 11.3 Å². The molecule has 0 atom stereocenters. The monoisotopic (exact) mass is 538 g/mol. The molecule has 0 saturated carbocycles. The maximum atomic E-state index is 14.4. The third-order valence-corrected chi connectivity index (χ3v) is 6.27. The second kappa shape index (κ2) is 10.5. The SMILES string of the molecule is CC(C)(C)OC(=O)N1CCN(Cc2ccnc(Nc3nc4ccc(-c5ncnc(Cl)c5F)cc4[nH]3)c2)CC1. The molecule has 1 fully saturated rings. The zero-order valence-electron chi connectivity index (χ0n) is 21.3. The first-order valence-corrected chi connectivity index (χ1v) is 12.6. The molecule has 1 saturated heterocycles. The van der Waals surface area contributed by atoms with Crippen LogP contribution in [0.15, 0.2) is 42.9 Å². The molecule has 0 bridgehead atoms. The van der Waals surface area contributed by atoms with E-state index < -0.39 is 11.4 Å². The van der Waals surface area contributed by atoms with Crippen LogP contribution in [0.4, 0.5) is 21.0 Å². The number of imidazole rings is 1. The zero-order chi connectivity index (χ0) is 26.9. The summed E-state index contributed by atoms with van der Waals surface area (Å²) in [5.74, 6) is 0.482. The number of pyridine rings is 1. The van der Waals surface area contributed by atoms with E-state index in [0.29, 0.717) is 41.5 Å². The number of rotatable bonds is 5. The van der Waals surface area contributed by atoms with E-state index in [1.54, 1.807) is 29.3 Å². The summed E-state index contributed by atoms with van der Waals surface area (Å²) in [6.45, 7) is 9.11. The van der Waals surface area contributed by atoms with Crippen molar-refractivity contribution < 1.29 is 13.9 Å². The molecule has 10 nitrogen and oxygen atoms in total. The highest BCUT2D eigenvalue weighted by Crippen LogP contribution is 2.27. The van der Waals surface area contributed by atoms with Gasteiger partial charge in [-0.1, -0.05) is 17.7 Å². The molecule has 4 aromatic rings. The molecule has 0 aliphatic carbocycles. The first-order chi connectivity index (χ1) is 18.1. The number of fused-ring (bicyclic) bond motifs is 1. The lowest BCUT2D eigenvalue weighted by Gasteiger charge is -2.35. The fourth-order valence-corrected chi connectivity index (χ4v) is 4.33. The number of hydrogen-bond donors (Lipinski definition) is 2. The molecule has 0 unspecified atom stereocenters. The van der Waals surface area contributed by atoms with Gasteiger partial charge in [-0.15, -0.1) is 0 Å². The molecule has 1 aliphatic heterocycles. The number of nitrogens with one attached hydrogen (secondary N) is 2. The highest BCUT2D eigenvalue weighted by Gasteiger charge is 2.26. The highest BCUT2D eigenvalue weighted by atomic mass is 35.5. The fraction of sp³-hybridized carbons (Fsp3) is 0.346. The molecule has 12 heteroatoms. The predicted molar refractivity (Wildman–Crippen MR) is 143 cm³/mol. The Bertz CT molecular complexity index is 1460. The lowest BCUT2D eigenvalue weighted by atomic mass is 10.1. The van der Waals surface area contributed by atoms with Gasteiger partial charge in [0.25, 0.3) is 0 Å². The number of amides is 1. The smallest absolute Gasteiger partial charge is 0.410 e. The van der Waals surface area contributed by atoms with Crippen LogP contribution in [0.3, 0.4) is 0 Å². The molecule has 2 N–H and O–H groups in total. The Labute approximate surface area is 224 Å². The van der Waals surface area contributed by atoms with Crippen LogP contribution in [-0.4, -0.2) is 72.6 Å². The van der Waals surface area contributed by atoms with Crippen LogP contribution in [-0.2, 0) is 11.3 Å². The van der Waals surface area contributed by atoms with E-state index in [0.717, 1.165) is 25.2 Å². The lowest BCUT2D eigenvalue weighted by molar-refractivity contribution is 0.0139. The van der Waals surface area contributed by atoms with E-state index in [9.17, 15) is 9.18 Å². The van der Waals surface area contributed by atoms with Gasteiger partial charge in [0.1, 0.15) is 23.4 Å². The number of aromatic amines is 1. The van der Waals surface area contributed by atoms with Gasteiger partial charge in [0.05, 0.1) is 11.0 Å². The van der Waals surface area contributed by atoms with Crippen LogP contribution in [0, 0.1) is 5.82 Å². The molecule has 1 aromatic carbocycles. The Balaban J connectivity index is 1.23. The Morgan fingerprint density at radius 1 is 1.13 bits per heavy atom. The van der Waals surface area contributed by atoms with Crippen molar-refractivity contribution in [1.29, 1.82) is 0 Å². The molecular weight excluding hydrogens is 511 g/mol. The average Bonchev–Trinajstić information content (AvgIpc) is 3.27. The molecule has 1 amide bonds. The van der Waals surface area contributed by atoms with Crippen molar-refractivity contribution in [2.75, 3.05) is 31.5 Å². The predicted octanol–water partition coefficient (Wildman–Crippen LogP) is 5.00. The number of piperazine rings is 1. The first kappa shape index (κ1) is 25.8. The van der Waals surface area contributed by atoms with E-state index in [1.807, 2.05) is 32.9 Å².